The highest BCUT2D eigenvalue weighted by Crippen LogP contribution is 2.24. The molecule has 3 N–H and O–H groups in total. The number of carbonyl (C=O) groups excluding carboxylic acids is 1. The number of carbonyl (C=O) groups is 1. The summed E-state index contributed by atoms with van der Waals surface area (Å²) < 4.78 is 23.4. The molecule has 0 radical (unpaired) electrons. The molecule has 0 aliphatic rings. The van der Waals surface area contributed by atoms with Gasteiger partial charge in [-0.1, -0.05) is 11.6 Å². The lowest BCUT2D eigenvalue weighted by molar-refractivity contribution is -0.122. The van der Waals surface area contributed by atoms with E-state index in [4.69, 9.17) is 21.4 Å². The van der Waals surface area contributed by atoms with Crippen molar-refractivity contribution in [2.24, 2.45) is 12.7 Å². The van der Waals surface area contributed by atoms with Crippen LogP contribution in [-0.2, 0) is 18.3 Å². The fourth-order valence-corrected chi connectivity index (χ4v) is 1.80. The Kier molecular flexibility index (Phi) is 2.58. The fourth-order valence-electron chi connectivity index (χ4n) is 1.56. The van der Waals surface area contributed by atoms with E-state index in [1.54, 1.807) is 13.0 Å². The van der Waals surface area contributed by atoms with Gasteiger partial charge in [0.05, 0.1) is 11.1 Å². The topological polar surface area (TPSA) is 72.9 Å². The first-order valence-corrected chi connectivity index (χ1v) is 5.77. The van der Waals surface area contributed by atoms with E-state index in [0.717, 1.165) is 4.57 Å². The average molecular weight is 270 g/mol. The van der Waals surface area contributed by atoms with Gasteiger partial charge in [-0.2, -0.15) is 0 Å². The first-order chi connectivity index (χ1) is 9.70. The van der Waals surface area contributed by atoms with Crippen molar-refractivity contribution in [1.29, 1.82) is 0 Å². The molecule has 0 unspecified atom stereocenters. The number of nitrogens with zero attached hydrogens (tertiary/aromatic N) is 2. The second-order valence-corrected chi connectivity index (χ2v) is 4.48. The lowest BCUT2D eigenvalue weighted by atomic mass is 10.2. The van der Waals surface area contributed by atoms with Gasteiger partial charge in [0.1, 0.15) is 5.65 Å². The molecule has 0 spiro atoms. The molecule has 0 saturated carbocycles. The minimum atomic E-state index is -2.34. The van der Waals surface area contributed by atoms with E-state index in [1.807, 2.05) is 0 Å². The largest absolute Gasteiger partial charge is 0.351 e. The van der Waals surface area contributed by atoms with Crippen LogP contribution in [0.25, 0.3) is 11.0 Å². The first-order valence-electron chi connectivity index (χ1n) is 6.89. The molecular weight excluding hydrogens is 252 g/mol. The molecule has 0 saturated heterocycles. The first kappa shape index (κ1) is 9.35. The molecule has 0 aliphatic carbocycles. The number of pyridine rings is 1. The fraction of sp³-hybridized carbons (Fsp3) is 0.333. The van der Waals surface area contributed by atoms with E-state index < -0.39 is 13.0 Å². The number of rotatable bonds is 3. The Morgan fingerprint density at radius 3 is 3.22 bits per heavy atom. The number of halogens is 1. The summed E-state index contributed by atoms with van der Waals surface area (Å²) in [7, 11) is 0. The van der Waals surface area contributed by atoms with Crippen LogP contribution in [0.15, 0.2) is 18.5 Å². The molecule has 2 rings (SSSR count). The Hall–Kier alpha value is -1.59. The molecule has 2 aromatic rings. The van der Waals surface area contributed by atoms with Crippen molar-refractivity contribution < 1.29 is 8.91 Å². The number of nitrogens with one attached hydrogen (secondary N) is 1. The third-order valence-electron chi connectivity index (χ3n) is 2.53. The molecule has 1 atom stereocenters. The van der Waals surface area contributed by atoms with Crippen LogP contribution in [0.5, 0.6) is 0 Å². The van der Waals surface area contributed by atoms with Crippen LogP contribution in [0.1, 0.15) is 16.6 Å². The Balaban J connectivity index is 2.31. The second-order valence-electron chi connectivity index (χ2n) is 4.07. The predicted octanol–water partition coefficient (Wildman–Crippen LogP) is 1.19. The Bertz CT molecular complexity index is 681. The number of hydrogen-bond donors (Lipinski definition) is 2. The molecule has 6 heteroatoms. The summed E-state index contributed by atoms with van der Waals surface area (Å²) in [4.78, 5) is 15.5. The van der Waals surface area contributed by atoms with Crippen LogP contribution in [0.3, 0.4) is 0 Å². The van der Waals surface area contributed by atoms with Crippen LogP contribution in [0.4, 0.5) is 0 Å². The third kappa shape index (κ3) is 2.47. The summed E-state index contributed by atoms with van der Waals surface area (Å²) >= 11 is 6.05. The summed E-state index contributed by atoms with van der Waals surface area (Å²) in [5, 5.41) is 3.48. The molecule has 0 bridgehead atoms. The molecular formula is C12H15ClN4O. The van der Waals surface area contributed by atoms with Gasteiger partial charge in [-0.3, -0.25) is 4.79 Å². The maximum absolute atomic E-state index is 11.4. The summed E-state index contributed by atoms with van der Waals surface area (Å²) in [6.45, 7) is -0.508. The number of fused-ring (bicyclic) bond motifs is 1. The third-order valence-corrected chi connectivity index (χ3v) is 2.83. The van der Waals surface area contributed by atoms with E-state index in [-0.39, 0.29) is 18.1 Å². The zero-order valence-corrected chi connectivity index (χ0v) is 10.5. The number of nitrogens with two attached hydrogens (primary N) is 1. The predicted molar refractivity (Wildman–Crippen MR) is 71.2 cm³/mol. The van der Waals surface area contributed by atoms with Crippen LogP contribution in [0.2, 0.25) is 5.02 Å². The zero-order chi connectivity index (χ0) is 15.8. The summed E-state index contributed by atoms with van der Waals surface area (Å²) in [6, 6.07) is 1.11. The number of aromatic nitrogens is 2. The standard InChI is InChI=1S/C12H15ClN4O/c1-7(14)12(18)16-5-8-3-9-10(13)6-17(2)11(9)15-4-8/h3-4,6-7H,5,14H2,1-2H3,(H,16,18)/t7-/m0/s1/i2D3. The van der Waals surface area contributed by atoms with Gasteiger partial charge in [0.2, 0.25) is 5.91 Å². The van der Waals surface area contributed by atoms with Gasteiger partial charge in [0, 0.05) is 35.4 Å². The molecule has 0 fully saturated rings. The number of hydrogen-bond acceptors (Lipinski definition) is 3. The summed E-state index contributed by atoms with van der Waals surface area (Å²) in [6.07, 6.45) is 2.83. The van der Waals surface area contributed by atoms with Crippen molar-refractivity contribution in [3.63, 3.8) is 0 Å². The minimum Gasteiger partial charge on any atom is -0.351 e. The maximum Gasteiger partial charge on any atom is 0.236 e. The second kappa shape index (κ2) is 4.96. The lowest BCUT2D eigenvalue weighted by Gasteiger charge is -2.07. The highest BCUT2D eigenvalue weighted by Gasteiger charge is 2.09. The molecule has 1 amide bonds. The Labute approximate surface area is 114 Å². The van der Waals surface area contributed by atoms with Crippen molar-refractivity contribution in [3.8, 4) is 0 Å². The van der Waals surface area contributed by atoms with Crippen molar-refractivity contribution in [1.82, 2.24) is 14.9 Å². The van der Waals surface area contributed by atoms with Gasteiger partial charge < -0.3 is 15.6 Å². The monoisotopic (exact) mass is 269 g/mol. The summed E-state index contributed by atoms with van der Waals surface area (Å²) in [5.41, 5.74) is 6.44. The number of amides is 1. The van der Waals surface area contributed by atoms with Crippen LogP contribution < -0.4 is 11.1 Å². The molecule has 2 heterocycles. The smallest absolute Gasteiger partial charge is 0.236 e. The quantitative estimate of drug-likeness (QED) is 0.879. The van der Waals surface area contributed by atoms with E-state index >= 15 is 0 Å². The maximum atomic E-state index is 11.4. The van der Waals surface area contributed by atoms with E-state index in [2.05, 4.69) is 10.3 Å². The van der Waals surface area contributed by atoms with E-state index in [1.165, 1.54) is 12.4 Å². The van der Waals surface area contributed by atoms with Gasteiger partial charge in [-0.25, -0.2) is 4.98 Å². The van der Waals surface area contributed by atoms with Crippen molar-refractivity contribution >= 4 is 28.5 Å². The van der Waals surface area contributed by atoms with Crippen LogP contribution in [0, 0.1) is 0 Å². The normalized spacial score (nSPS) is 15.8. The summed E-state index contributed by atoms with van der Waals surface area (Å²) in [5.74, 6) is -0.277. The average Bonchev–Trinajstić information content (AvgIpc) is 2.73. The van der Waals surface area contributed by atoms with Gasteiger partial charge >= 0.3 is 0 Å². The van der Waals surface area contributed by atoms with Gasteiger partial charge in [-0.15, -0.1) is 0 Å². The van der Waals surface area contributed by atoms with Crippen molar-refractivity contribution in [2.45, 2.75) is 19.5 Å². The molecule has 96 valence electrons. The van der Waals surface area contributed by atoms with Crippen molar-refractivity contribution in [3.05, 3.63) is 29.0 Å². The Morgan fingerprint density at radius 1 is 1.78 bits per heavy atom. The van der Waals surface area contributed by atoms with Gasteiger partial charge in [-0.05, 0) is 18.6 Å². The minimum absolute atomic E-state index is 0.249. The van der Waals surface area contributed by atoms with Crippen molar-refractivity contribution in [2.75, 3.05) is 0 Å². The molecule has 18 heavy (non-hydrogen) atoms. The molecule has 0 aromatic carbocycles. The van der Waals surface area contributed by atoms with Crippen LogP contribution >= 0.6 is 11.6 Å². The molecule has 0 aliphatic heterocycles. The van der Waals surface area contributed by atoms with Gasteiger partial charge in [0.15, 0.2) is 0 Å². The van der Waals surface area contributed by atoms with E-state index in [0.29, 0.717) is 16.0 Å². The SMILES string of the molecule is [2H]C([2H])([2H])n1cc(Cl)c2cc(CNC(=O)[C@H](C)N)cnc21. The Morgan fingerprint density at radius 2 is 2.56 bits per heavy atom. The lowest BCUT2D eigenvalue weighted by Crippen LogP contribution is -2.37. The molecule has 5 nitrogen and oxygen atoms in total. The highest BCUT2D eigenvalue weighted by atomic mass is 35.5. The van der Waals surface area contributed by atoms with E-state index in [9.17, 15) is 4.79 Å². The number of aryl methyl sites for hydroxylation is 1. The van der Waals surface area contributed by atoms with Crippen LogP contribution in [-0.4, -0.2) is 21.5 Å². The van der Waals surface area contributed by atoms with Gasteiger partial charge in [0.25, 0.3) is 0 Å². The molecule has 2 aromatic heterocycles. The highest BCUT2D eigenvalue weighted by molar-refractivity contribution is 6.35. The zero-order valence-electron chi connectivity index (χ0n) is 12.8.